The molecule has 10 nitrogen and oxygen atoms in total. The normalized spacial score (nSPS) is 19.8. The molecule has 0 aromatic carbocycles. The molecule has 0 saturated carbocycles. The van der Waals surface area contributed by atoms with Crippen molar-refractivity contribution in [1.82, 2.24) is 24.6 Å². The van der Waals surface area contributed by atoms with Gasteiger partial charge in [0.1, 0.15) is 11.5 Å². The molecule has 2 N–H and O–H groups in total. The second-order valence-electron chi connectivity index (χ2n) is 10.1. The average molecular weight is 586 g/mol. The minimum absolute atomic E-state index is 0.0494. The zero-order chi connectivity index (χ0) is 28.7. The fourth-order valence-corrected chi connectivity index (χ4v) is 6.66. The zero-order valence-electron chi connectivity index (χ0n) is 22.7. The minimum atomic E-state index is -3.64. The highest BCUT2D eigenvalue weighted by molar-refractivity contribution is 7.89. The number of sulfonamides is 1. The quantitative estimate of drug-likeness (QED) is 0.361. The number of hydrogen-bond donors (Lipinski definition) is 2. The first kappa shape index (κ1) is 31.0. The van der Waals surface area contributed by atoms with Crippen LogP contribution in [0.3, 0.4) is 0 Å². The number of halogens is 2. The van der Waals surface area contributed by atoms with Crippen LogP contribution in [-0.2, 0) is 24.3 Å². The molecule has 1 amide bonds. The van der Waals surface area contributed by atoms with Crippen LogP contribution in [0, 0.1) is 17.7 Å². The van der Waals surface area contributed by atoms with E-state index in [1.165, 1.54) is 23.5 Å². The summed E-state index contributed by atoms with van der Waals surface area (Å²) in [6.45, 7) is 6.24. The molecule has 1 aliphatic rings. The molecule has 216 valence electrons. The van der Waals surface area contributed by atoms with Crippen molar-refractivity contribution in [2.24, 2.45) is 11.8 Å². The van der Waals surface area contributed by atoms with Gasteiger partial charge >= 0.3 is 5.97 Å². The lowest BCUT2D eigenvalue weighted by Crippen LogP contribution is -2.44. The summed E-state index contributed by atoms with van der Waals surface area (Å²) in [5.74, 6) is -1.31. The molecule has 3 rings (SSSR count). The number of H-pyrrole nitrogens is 1. The highest BCUT2D eigenvalue weighted by Crippen LogP contribution is 2.37. The van der Waals surface area contributed by atoms with Crippen molar-refractivity contribution in [3.8, 4) is 11.5 Å². The average Bonchev–Trinajstić information content (AvgIpc) is 3.30. The Bertz CT molecular complexity index is 1240. The van der Waals surface area contributed by atoms with Gasteiger partial charge < -0.3 is 15.0 Å². The number of carbonyl (C=O) groups excluding carboxylic acids is 2. The molecular formula is C26H37ClFN5O5S. The Morgan fingerprint density at radius 1 is 1.33 bits per heavy atom. The predicted octanol–water partition coefficient (Wildman–Crippen LogP) is 3.89. The number of rotatable bonds is 12. The van der Waals surface area contributed by atoms with E-state index >= 15 is 0 Å². The molecule has 2 aromatic heterocycles. The molecule has 0 spiro atoms. The van der Waals surface area contributed by atoms with E-state index < -0.39 is 15.8 Å². The van der Waals surface area contributed by atoms with Crippen LogP contribution >= 0.6 is 11.6 Å². The van der Waals surface area contributed by atoms with Gasteiger partial charge in [0.15, 0.2) is 11.0 Å². The molecular weight excluding hydrogens is 549 g/mol. The summed E-state index contributed by atoms with van der Waals surface area (Å²) in [7, 11) is -2.30. The molecule has 1 saturated heterocycles. The van der Waals surface area contributed by atoms with Crippen molar-refractivity contribution in [3.63, 3.8) is 0 Å². The lowest BCUT2D eigenvalue weighted by Gasteiger charge is -2.35. The van der Waals surface area contributed by atoms with Crippen LogP contribution in [0.2, 0.25) is 5.15 Å². The minimum Gasteiger partial charge on any atom is -0.469 e. The van der Waals surface area contributed by atoms with Crippen molar-refractivity contribution in [3.05, 3.63) is 35.0 Å². The van der Waals surface area contributed by atoms with E-state index in [-0.39, 0.29) is 59.5 Å². The lowest BCUT2D eigenvalue weighted by molar-refractivity contribution is -0.145. The van der Waals surface area contributed by atoms with Gasteiger partial charge in [0.05, 0.1) is 30.7 Å². The van der Waals surface area contributed by atoms with Gasteiger partial charge in [0.25, 0.3) is 0 Å². The molecule has 13 heteroatoms. The van der Waals surface area contributed by atoms with Crippen LogP contribution in [0.4, 0.5) is 4.39 Å². The first-order chi connectivity index (χ1) is 18.4. The zero-order valence-corrected chi connectivity index (χ0v) is 24.3. The summed E-state index contributed by atoms with van der Waals surface area (Å²) in [5.41, 5.74) is 1.16. The summed E-state index contributed by atoms with van der Waals surface area (Å²) >= 11 is 6.41. The van der Waals surface area contributed by atoms with Crippen LogP contribution < -0.4 is 5.32 Å². The molecule has 0 bridgehead atoms. The number of amides is 1. The summed E-state index contributed by atoms with van der Waals surface area (Å²) in [6.07, 6.45) is 3.34. The van der Waals surface area contributed by atoms with E-state index in [1.807, 2.05) is 13.8 Å². The van der Waals surface area contributed by atoms with Crippen LogP contribution in [0.25, 0.3) is 11.5 Å². The number of methoxy groups -OCH3 is 1. The van der Waals surface area contributed by atoms with Crippen molar-refractivity contribution in [1.29, 1.82) is 0 Å². The molecule has 0 aliphatic carbocycles. The third-order valence-corrected chi connectivity index (χ3v) is 9.41. The summed E-state index contributed by atoms with van der Waals surface area (Å²) in [5, 5.41) is 3.18. The van der Waals surface area contributed by atoms with Gasteiger partial charge in [-0.05, 0) is 43.7 Å². The first-order valence-corrected chi connectivity index (χ1v) is 15.2. The third kappa shape index (κ3) is 8.21. The molecule has 3 heterocycles. The van der Waals surface area contributed by atoms with Gasteiger partial charge in [0, 0.05) is 31.5 Å². The number of piperidine rings is 1. The van der Waals surface area contributed by atoms with Gasteiger partial charge in [-0.2, -0.15) is 0 Å². The molecule has 1 unspecified atom stereocenters. The highest BCUT2D eigenvalue weighted by atomic mass is 35.5. The highest BCUT2D eigenvalue weighted by Gasteiger charge is 2.35. The standard InChI is InChI=1S/C26H37ClFN5O5S/c1-5-19(8-6-16(2)26(35)38-4)30-22(34)11-13-39(36,37)33-12-10-20(17(3)15-33)23-24(27)32-25(31-23)21-9-7-18(28)14-29-21/h7,9,14,16-17,19-20H,5-6,8,10-13,15H2,1-4H3,(H,30,34)(H,31,32)/t16-,17+,19?,20-/m1/s1. The van der Waals surface area contributed by atoms with E-state index in [1.54, 1.807) is 6.92 Å². The maximum Gasteiger partial charge on any atom is 0.308 e. The van der Waals surface area contributed by atoms with Crippen molar-refractivity contribution in [2.75, 3.05) is 26.0 Å². The molecule has 1 fully saturated rings. The number of aromatic amines is 1. The molecule has 39 heavy (non-hydrogen) atoms. The third-order valence-electron chi connectivity index (χ3n) is 7.28. The molecule has 2 aromatic rings. The number of aromatic nitrogens is 3. The Kier molecular flexibility index (Phi) is 10.9. The van der Waals surface area contributed by atoms with E-state index in [0.717, 1.165) is 6.20 Å². The fourth-order valence-electron chi connectivity index (χ4n) is 4.84. The topological polar surface area (TPSA) is 134 Å². The van der Waals surface area contributed by atoms with Crippen molar-refractivity contribution < 1.29 is 27.1 Å². The Morgan fingerprint density at radius 3 is 2.69 bits per heavy atom. The largest absolute Gasteiger partial charge is 0.469 e. The SMILES string of the molecule is CCC(CC[C@@H](C)C(=O)OC)NC(=O)CCS(=O)(=O)N1CC[C@@H](c2[nH]c(-c3ccc(F)cn3)nc2Cl)[C@@H](C)C1. The Morgan fingerprint density at radius 2 is 2.08 bits per heavy atom. The van der Waals surface area contributed by atoms with Crippen LogP contribution in [-0.4, -0.2) is 71.5 Å². The number of nitrogens with one attached hydrogen (secondary N) is 2. The van der Waals surface area contributed by atoms with Gasteiger partial charge in [-0.15, -0.1) is 0 Å². The second-order valence-corrected chi connectivity index (χ2v) is 12.6. The van der Waals surface area contributed by atoms with Crippen molar-refractivity contribution in [2.45, 2.75) is 64.8 Å². The first-order valence-electron chi connectivity index (χ1n) is 13.2. The molecule has 4 atom stereocenters. The fraction of sp³-hybridized carbons (Fsp3) is 0.615. The van der Waals surface area contributed by atoms with Gasteiger partial charge in [-0.3, -0.25) is 9.59 Å². The van der Waals surface area contributed by atoms with E-state index in [0.29, 0.717) is 49.4 Å². The maximum atomic E-state index is 13.2. The smallest absolute Gasteiger partial charge is 0.308 e. The number of ether oxygens (including phenoxy) is 1. The van der Waals surface area contributed by atoms with E-state index in [2.05, 4.69) is 20.3 Å². The van der Waals surface area contributed by atoms with Crippen LogP contribution in [0.15, 0.2) is 18.3 Å². The number of nitrogens with zero attached hydrogens (tertiary/aromatic N) is 3. The van der Waals surface area contributed by atoms with Gasteiger partial charge in [0.2, 0.25) is 15.9 Å². The number of imidazole rings is 1. The number of hydrogen-bond acceptors (Lipinski definition) is 7. The monoisotopic (exact) mass is 585 g/mol. The van der Waals surface area contributed by atoms with Gasteiger partial charge in [-0.25, -0.2) is 27.1 Å². The number of esters is 1. The van der Waals surface area contributed by atoms with E-state index in [4.69, 9.17) is 16.3 Å². The van der Waals surface area contributed by atoms with Crippen molar-refractivity contribution >= 4 is 33.5 Å². The predicted molar refractivity (Wildman–Crippen MR) is 146 cm³/mol. The van der Waals surface area contributed by atoms with Crippen LogP contribution in [0.5, 0.6) is 0 Å². The Labute approximate surface area is 234 Å². The Hall–Kier alpha value is -2.57. The van der Waals surface area contributed by atoms with Crippen LogP contribution in [0.1, 0.15) is 64.5 Å². The second kappa shape index (κ2) is 13.7. The van der Waals surface area contributed by atoms with Gasteiger partial charge in [-0.1, -0.05) is 32.4 Å². The molecule has 0 radical (unpaired) electrons. The summed E-state index contributed by atoms with van der Waals surface area (Å²) in [4.78, 5) is 35.7. The number of carbonyl (C=O) groups is 2. The van der Waals surface area contributed by atoms with E-state index in [9.17, 15) is 22.4 Å². The lowest BCUT2D eigenvalue weighted by atomic mass is 9.86. The maximum absolute atomic E-state index is 13.2. The summed E-state index contributed by atoms with van der Waals surface area (Å²) in [6, 6.07) is 2.66. The molecule has 1 aliphatic heterocycles. The Balaban J connectivity index is 1.53. The number of pyridine rings is 1. The summed E-state index contributed by atoms with van der Waals surface area (Å²) < 4.78 is 45.5.